The van der Waals surface area contributed by atoms with Crippen LogP contribution in [0.1, 0.15) is 68.2 Å². The van der Waals surface area contributed by atoms with Gasteiger partial charge in [-0.3, -0.25) is 0 Å². The Morgan fingerprint density at radius 2 is 0.455 bits per heavy atom. The molecule has 0 bridgehead atoms. The first kappa shape index (κ1) is 32.1. The van der Waals surface area contributed by atoms with Crippen LogP contribution in [0.15, 0.2) is 97.1 Å². The van der Waals surface area contributed by atoms with Gasteiger partial charge in [0.15, 0.2) is 0 Å². The lowest BCUT2D eigenvalue weighted by molar-refractivity contribution is 0.228. The molecule has 0 spiro atoms. The van der Waals surface area contributed by atoms with Crippen molar-refractivity contribution in [3.05, 3.63) is 142 Å². The van der Waals surface area contributed by atoms with Crippen molar-refractivity contribution >= 4 is 0 Å². The van der Waals surface area contributed by atoms with E-state index in [0.29, 0.717) is 23.7 Å². The molecule has 0 unspecified atom stereocenters. The number of nitrogens with zero attached hydrogens (tertiary/aromatic N) is 4. The van der Waals surface area contributed by atoms with Crippen LogP contribution >= 0.6 is 0 Å². The number of rotatable bonds is 12. The predicted octanol–water partition coefficient (Wildman–Crippen LogP) is 7.38. The van der Waals surface area contributed by atoms with Crippen molar-refractivity contribution in [2.75, 3.05) is 56.4 Å². The zero-order valence-corrected chi connectivity index (χ0v) is 28.2. The first-order valence-corrected chi connectivity index (χ1v) is 16.0. The summed E-state index contributed by atoms with van der Waals surface area (Å²) in [6.07, 6.45) is 0. The van der Waals surface area contributed by atoms with Crippen LogP contribution in [0.4, 0.5) is 0 Å². The highest BCUT2D eigenvalue weighted by Gasteiger charge is 2.52. The van der Waals surface area contributed by atoms with Gasteiger partial charge in [-0.15, -0.1) is 0 Å². The third kappa shape index (κ3) is 7.68. The topological polar surface area (TPSA) is 13.0 Å². The Hall–Kier alpha value is -3.28. The fourth-order valence-corrected chi connectivity index (χ4v) is 7.25. The number of benzene rings is 4. The largest absolute Gasteiger partial charge is 0.305 e. The van der Waals surface area contributed by atoms with Crippen LogP contribution in [0.2, 0.25) is 0 Å². The summed E-state index contributed by atoms with van der Waals surface area (Å²) in [5.74, 6) is 1.59. The average molecular weight is 589 g/mol. The maximum atomic E-state index is 2.40. The molecular formula is C40H52N4. The predicted molar refractivity (Wildman–Crippen MR) is 186 cm³/mol. The van der Waals surface area contributed by atoms with Gasteiger partial charge in [-0.1, -0.05) is 97.1 Å². The molecule has 0 heterocycles. The summed E-state index contributed by atoms with van der Waals surface area (Å²) in [6, 6.07) is 38.0. The molecule has 0 aromatic heterocycles. The van der Waals surface area contributed by atoms with Gasteiger partial charge in [0.1, 0.15) is 0 Å². The van der Waals surface area contributed by atoms with E-state index in [-0.39, 0.29) is 0 Å². The molecule has 0 saturated heterocycles. The molecule has 1 saturated carbocycles. The highest BCUT2D eigenvalue weighted by Crippen LogP contribution is 2.66. The highest BCUT2D eigenvalue weighted by molar-refractivity contribution is 5.49. The Morgan fingerprint density at radius 3 is 0.591 bits per heavy atom. The summed E-state index contributed by atoms with van der Waals surface area (Å²) in [5, 5.41) is 0. The third-order valence-electron chi connectivity index (χ3n) is 9.00. The van der Waals surface area contributed by atoms with Crippen LogP contribution < -0.4 is 0 Å². The van der Waals surface area contributed by atoms with Gasteiger partial charge in [0.05, 0.1) is 0 Å². The van der Waals surface area contributed by atoms with E-state index in [0.717, 1.165) is 26.2 Å². The molecule has 44 heavy (non-hydrogen) atoms. The third-order valence-corrected chi connectivity index (χ3v) is 9.00. The zero-order valence-electron chi connectivity index (χ0n) is 28.2. The molecule has 1 aliphatic carbocycles. The van der Waals surface area contributed by atoms with E-state index in [1.807, 2.05) is 0 Å². The molecule has 0 N–H and O–H groups in total. The Kier molecular flexibility index (Phi) is 10.4. The van der Waals surface area contributed by atoms with E-state index in [4.69, 9.17) is 0 Å². The van der Waals surface area contributed by atoms with E-state index < -0.39 is 0 Å². The van der Waals surface area contributed by atoms with Gasteiger partial charge in [-0.25, -0.2) is 0 Å². The highest BCUT2D eigenvalue weighted by atomic mass is 15.1. The van der Waals surface area contributed by atoms with Gasteiger partial charge >= 0.3 is 0 Å². The molecule has 0 radical (unpaired) electrons. The van der Waals surface area contributed by atoms with Crippen molar-refractivity contribution in [3.63, 3.8) is 0 Å². The van der Waals surface area contributed by atoms with Gasteiger partial charge in [-0.05, 0) is 125 Å². The molecule has 4 nitrogen and oxygen atoms in total. The Labute approximate surface area is 266 Å². The fraction of sp³-hybridized carbons (Fsp3) is 0.400. The molecule has 232 valence electrons. The molecule has 1 aliphatic rings. The molecule has 4 heteroatoms. The maximum Gasteiger partial charge on any atom is 0.0227 e. The average Bonchev–Trinajstić information content (AvgIpc) is 2.95. The van der Waals surface area contributed by atoms with Crippen LogP contribution in [0.25, 0.3) is 0 Å². The van der Waals surface area contributed by atoms with Gasteiger partial charge in [0, 0.05) is 26.2 Å². The van der Waals surface area contributed by atoms with Crippen LogP contribution in [-0.4, -0.2) is 76.0 Å². The summed E-state index contributed by atoms with van der Waals surface area (Å²) in [6.45, 7) is 3.83. The van der Waals surface area contributed by atoms with E-state index in [9.17, 15) is 0 Å². The molecule has 0 amide bonds. The minimum atomic E-state index is 0.397. The lowest BCUT2D eigenvalue weighted by Gasteiger charge is -2.54. The van der Waals surface area contributed by atoms with Crippen molar-refractivity contribution in [1.29, 1.82) is 0 Å². The van der Waals surface area contributed by atoms with Crippen molar-refractivity contribution in [2.45, 2.75) is 49.9 Å². The second-order valence-corrected chi connectivity index (χ2v) is 14.0. The molecule has 0 aliphatic heterocycles. The minimum Gasteiger partial charge on any atom is -0.305 e. The first-order chi connectivity index (χ1) is 21.1. The molecule has 0 atom stereocenters. The Balaban J connectivity index is 1.59. The monoisotopic (exact) mass is 588 g/mol. The fourth-order valence-electron chi connectivity index (χ4n) is 7.25. The van der Waals surface area contributed by atoms with E-state index >= 15 is 0 Å². The van der Waals surface area contributed by atoms with Crippen molar-refractivity contribution < 1.29 is 0 Å². The Bertz CT molecular complexity index is 1210. The maximum absolute atomic E-state index is 2.40. The molecule has 1 fully saturated rings. The van der Waals surface area contributed by atoms with E-state index in [2.05, 4.69) is 173 Å². The normalized spacial score (nSPS) is 20.1. The van der Waals surface area contributed by atoms with Crippen molar-refractivity contribution in [1.82, 2.24) is 19.6 Å². The molecule has 5 rings (SSSR count). The van der Waals surface area contributed by atoms with E-state index in [1.165, 1.54) is 44.5 Å². The number of hydrogen-bond donors (Lipinski definition) is 0. The SMILES string of the molecule is CN(C)Cc1ccc(C2C(c3ccc(CN(C)C)cc3)C(c3ccc(CN(C)C)cc3)C2c2ccc(CN(C)C)cc2)cc1. The molecule has 4 aromatic carbocycles. The summed E-state index contributed by atoms with van der Waals surface area (Å²) in [4.78, 5) is 8.96. The van der Waals surface area contributed by atoms with E-state index in [1.54, 1.807) is 0 Å². The standard InChI is InChI=1S/C40H52N4/c1-41(2)25-29-9-17-33(18-10-29)37-38(34-19-11-30(12-20-34)26-42(3)4)40(36-23-15-32(16-24-36)28-44(7)8)39(37)35-21-13-31(14-22-35)27-43(5)6/h9-24,37-40H,25-28H2,1-8H3. The lowest BCUT2D eigenvalue weighted by Crippen LogP contribution is -2.40. The van der Waals surface area contributed by atoms with Crippen LogP contribution in [0.5, 0.6) is 0 Å². The van der Waals surface area contributed by atoms with Crippen molar-refractivity contribution in [3.8, 4) is 0 Å². The smallest absolute Gasteiger partial charge is 0.0227 e. The van der Waals surface area contributed by atoms with Crippen molar-refractivity contribution in [2.24, 2.45) is 0 Å². The van der Waals surface area contributed by atoms with Crippen LogP contribution in [-0.2, 0) is 26.2 Å². The van der Waals surface area contributed by atoms with Crippen LogP contribution in [0.3, 0.4) is 0 Å². The summed E-state index contributed by atoms with van der Waals surface area (Å²) >= 11 is 0. The number of hydrogen-bond acceptors (Lipinski definition) is 4. The summed E-state index contributed by atoms with van der Waals surface area (Å²) in [7, 11) is 17.1. The van der Waals surface area contributed by atoms with Gasteiger partial charge in [-0.2, -0.15) is 0 Å². The first-order valence-electron chi connectivity index (χ1n) is 16.0. The van der Waals surface area contributed by atoms with Gasteiger partial charge in [0.2, 0.25) is 0 Å². The minimum absolute atomic E-state index is 0.397. The summed E-state index contributed by atoms with van der Waals surface area (Å²) < 4.78 is 0. The quantitative estimate of drug-likeness (QED) is 0.171. The molecular weight excluding hydrogens is 536 g/mol. The Morgan fingerprint density at radius 1 is 0.295 bits per heavy atom. The second-order valence-electron chi connectivity index (χ2n) is 14.0. The lowest BCUT2D eigenvalue weighted by atomic mass is 9.49. The van der Waals surface area contributed by atoms with Gasteiger partial charge in [0.25, 0.3) is 0 Å². The molecule has 4 aromatic rings. The zero-order chi connectivity index (χ0) is 31.4. The van der Waals surface area contributed by atoms with Gasteiger partial charge < -0.3 is 19.6 Å². The summed E-state index contributed by atoms with van der Waals surface area (Å²) in [5.41, 5.74) is 11.2. The second kappa shape index (κ2) is 14.2. The van der Waals surface area contributed by atoms with Crippen LogP contribution in [0, 0.1) is 0 Å².